The van der Waals surface area contributed by atoms with Gasteiger partial charge in [-0.15, -0.1) is 0 Å². The topological polar surface area (TPSA) is 75.8 Å². The first-order valence-corrected chi connectivity index (χ1v) is 5.47. The quantitative estimate of drug-likeness (QED) is 0.641. The molecular formula is C10H20N2O3. The molecule has 0 bridgehead atoms. The molecule has 5 nitrogen and oxygen atoms in total. The van der Waals surface area contributed by atoms with Gasteiger partial charge in [0.15, 0.2) is 0 Å². The smallest absolute Gasteiger partial charge is 0.306 e. The van der Waals surface area contributed by atoms with Crippen LogP contribution in [-0.2, 0) is 9.53 Å². The van der Waals surface area contributed by atoms with Crippen LogP contribution in [0.5, 0.6) is 0 Å². The number of hydrogen-bond donors (Lipinski definition) is 2. The van der Waals surface area contributed by atoms with Crippen LogP contribution < -0.4 is 5.73 Å². The van der Waals surface area contributed by atoms with Crippen molar-refractivity contribution in [2.45, 2.75) is 12.8 Å². The van der Waals surface area contributed by atoms with Crippen LogP contribution in [0.4, 0.5) is 0 Å². The summed E-state index contributed by atoms with van der Waals surface area (Å²) in [6.07, 6.45) is 1.26. The molecule has 0 aliphatic carbocycles. The third-order valence-corrected chi connectivity index (χ3v) is 2.76. The number of hydrogen-bond acceptors (Lipinski definition) is 4. The fourth-order valence-electron chi connectivity index (χ4n) is 1.76. The van der Waals surface area contributed by atoms with Gasteiger partial charge in [-0.1, -0.05) is 0 Å². The van der Waals surface area contributed by atoms with Gasteiger partial charge < -0.3 is 15.6 Å². The largest absolute Gasteiger partial charge is 0.481 e. The second kappa shape index (κ2) is 6.76. The lowest BCUT2D eigenvalue weighted by Crippen LogP contribution is -2.38. The minimum absolute atomic E-state index is 0.294. The summed E-state index contributed by atoms with van der Waals surface area (Å²) in [6, 6.07) is 0. The van der Waals surface area contributed by atoms with Gasteiger partial charge in [-0.3, -0.25) is 9.69 Å². The molecule has 88 valence electrons. The average Bonchev–Trinajstić information content (AvgIpc) is 2.25. The molecule has 1 heterocycles. The van der Waals surface area contributed by atoms with Crippen molar-refractivity contribution in [1.29, 1.82) is 0 Å². The first-order valence-electron chi connectivity index (χ1n) is 5.47. The fraction of sp³-hybridized carbons (Fsp3) is 0.900. The molecule has 15 heavy (non-hydrogen) atoms. The summed E-state index contributed by atoms with van der Waals surface area (Å²) in [5, 5.41) is 8.94. The molecule has 0 radical (unpaired) electrons. The van der Waals surface area contributed by atoms with E-state index in [1.54, 1.807) is 0 Å². The highest BCUT2D eigenvalue weighted by Crippen LogP contribution is 2.10. The summed E-state index contributed by atoms with van der Waals surface area (Å²) < 4.78 is 5.22. The molecule has 3 N–H and O–H groups in total. The van der Waals surface area contributed by atoms with Crippen molar-refractivity contribution in [3.63, 3.8) is 0 Å². The Morgan fingerprint density at radius 1 is 1.40 bits per heavy atom. The summed E-state index contributed by atoms with van der Waals surface area (Å²) in [4.78, 5) is 13.1. The molecular weight excluding hydrogens is 196 g/mol. The maximum absolute atomic E-state index is 10.9. The average molecular weight is 216 g/mol. The maximum atomic E-state index is 10.9. The number of rotatable bonds is 6. The van der Waals surface area contributed by atoms with E-state index in [4.69, 9.17) is 15.6 Å². The van der Waals surface area contributed by atoms with Gasteiger partial charge in [0.2, 0.25) is 0 Å². The van der Waals surface area contributed by atoms with Crippen LogP contribution in [0.3, 0.4) is 0 Å². The highest BCUT2D eigenvalue weighted by atomic mass is 16.5. The highest BCUT2D eigenvalue weighted by Gasteiger charge is 2.18. The zero-order valence-corrected chi connectivity index (χ0v) is 9.02. The molecule has 5 heteroatoms. The van der Waals surface area contributed by atoms with Crippen molar-refractivity contribution in [2.75, 3.05) is 39.4 Å². The number of ether oxygens (including phenoxy) is 1. The number of morpholine rings is 1. The predicted octanol–water partition coefficient (Wildman–Crippen LogP) is -0.242. The standard InChI is InChI=1S/C10H20N2O3/c11-3-1-9(10(13)14)2-4-12-5-7-15-8-6-12/h9H,1-8,11H2,(H,13,14). The van der Waals surface area contributed by atoms with E-state index >= 15 is 0 Å². The molecule has 1 fully saturated rings. The van der Waals surface area contributed by atoms with Gasteiger partial charge in [0, 0.05) is 13.1 Å². The Kier molecular flexibility index (Phi) is 5.60. The summed E-state index contributed by atoms with van der Waals surface area (Å²) in [7, 11) is 0. The minimum atomic E-state index is -0.728. The van der Waals surface area contributed by atoms with Crippen LogP contribution in [0.15, 0.2) is 0 Å². The van der Waals surface area contributed by atoms with Crippen molar-refractivity contribution in [3.05, 3.63) is 0 Å². The molecule has 1 atom stereocenters. The Bertz CT molecular complexity index is 193. The normalized spacial score (nSPS) is 20.1. The van der Waals surface area contributed by atoms with Gasteiger partial charge in [-0.25, -0.2) is 0 Å². The summed E-state index contributed by atoms with van der Waals surface area (Å²) in [5.41, 5.74) is 5.38. The first kappa shape index (κ1) is 12.4. The van der Waals surface area contributed by atoms with Gasteiger partial charge >= 0.3 is 5.97 Å². The molecule has 1 unspecified atom stereocenters. The molecule has 0 aromatic carbocycles. The van der Waals surface area contributed by atoms with Crippen LogP contribution in [-0.4, -0.2) is 55.4 Å². The molecule has 1 aliphatic heterocycles. The Morgan fingerprint density at radius 3 is 2.60 bits per heavy atom. The Balaban J connectivity index is 2.22. The lowest BCUT2D eigenvalue weighted by atomic mass is 10.0. The van der Waals surface area contributed by atoms with Crippen molar-refractivity contribution < 1.29 is 14.6 Å². The lowest BCUT2D eigenvalue weighted by Gasteiger charge is -2.27. The Hall–Kier alpha value is -0.650. The van der Waals surface area contributed by atoms with Crippen LogP contribution in [0.1, 0.15) is 12.8 Å². The molecule has 1 rings (SSSR count). The van der Waals surface area contributed by atoms with Crippen LogP contribution in [0.25, 0.3) is 0 Å². The van der Waals surface area contributed by atoms with Gasteiger partial charge in [0.05, 0.1) is 19.1 Å². The van der Waals surface area contributed by atoms with Crippen molar-refractivity contribution in [1.82, 2.24) is 4.90 Å². The van der Waals surface area contributed by atoms with Crippen LogP contribution in [0.2, 0.25) is 0 Å². The van der Waals surface area contributed by atoms with Crippen LogP contribution >= 0.6 is 0 Å². The third kappa shape index (κ3) is 4.59. The van der Waals surface area contributed by atoms with E-state index in [2.05, 4.69) is 4.90 Å². The highest BCUT2D eigenvalue weighted by molar-refractivity contribution is 5.69. The molecule has 1 aliphatic rings. The van der Waals surface area contributed by atoms with Gasteiger partial charge in [0.1, 0.15) is 0 Å². The molecule has 0 saturated carbocycles. The van der Waals surface area contributed by atoms with Crippen LogP contribution in [0, 0.1) is 5.92 Å². The minimum Gasteiger partial charge on any atom is -0.481 e. The Morgan fingerprint density at radius 2 is 2.07 bits per heavy atom. The number of nitrogens with zero attached hydrogens (tertiary/aromatic N) is 1. The van der Waals surface area contributed by atoms with Gasteiger partial charge in [0.25, 0.3) is 0 Å². The number of carbonyl (C=O) groups is 1. The maximum Gasteiger partial charge on any atom is 0.306 e. The van der Waals surface area contributed by atoms with E-state index < -0.39 is 5.97 Å². The molecule has 1 saturated heterocycles. The molecule has 0 aromatic rings. The van der Waals surface area contributed by atoms with Crippen molar-refractivity contribution >= 4 is 5.97 Å². The lowest BCUT2D eigenvalue weighted by molar-refractivity contribution is -0.142. The zero-order chi connectivity index (χ0) is 11.1. The number of nitrogens with two attached hydrogens (primary N) is 1. The SMILES string of the molecule is NCCC(CCN1CCOCC1)C(=O)O. The van der Waals surface area contributed by atoms with E-state index in [-0.39, 0.29) is 5.92 Å². The first-order chi connectivity index (χ1) is 7.24. The van der Waals surface area contributed by atoms with Crippen molar-refractivity contribution in [3.8, 4) is 0 Å². The number of carboxylic acid groups (broad SMARTS) is 1. The molecule has 0 spiro atoms. The monoisotopic (exact) mass is 216 g/mol. The zero-order valence-electron chi connectivity index (χ0n) is 9.02. The number of aliphatic carboxylic acids is 1. The second-order valence-corrected chi connectivity index (χ2v) is 3.86. The summed E-state index contributed by atoms with van der Waals surface area (Å²) in [5.74, 6) is -1.02. The van der Waals surface area contributed by atoms with Gasteiger partial charge in [-0.05, 0) is 25.9 Å². The van der Waals surface area contributed by atoms with E-state index in [0.717, 1.165) is 32.8 Å². The van der Waals surface area contributed by atoms with E-state index in [9.17, 15) is 4.79 Å². The summed E-state index contributed by atoms with van der Waals surface area (Å²) in [6.45, 7) is 4.62. The Labute approximate surface area is 90.2 Å². The predicted molar refractivity (Wildman–Crippen MR) is 56.7 cm³/mol. The fourth-order valence-corrected chi connectivity index (χ4v) is 1.76. The molecule has 0 aromatic heterocycles. The second-order valence-electron chi connectivity index (χ2n) is 3.86. The number of carboxylic acids is 1. The van der Waals surface area contributed by atoms with E-state index in [1.165, 1.54) is 0 Å². The van der Waals surface area contributed by atoms with E-state index in [1.807, 2.05) is 0 Å². The summed E-state index contributed by atoms with van der Waals surface area (Å²) >= 11 is 0. The van der Waals surface area contributed by atoms with Gasteiger partial charge in [-0.2, -0.15) is 0 Å². The van der Waals surface area contributed by atoms with E-state index in [0.29, 0.717) is 19.4 Å². The molecule has 0 amide bonds. The third-order valence-electron chi connectivity index (χ3n) is 2.76. The van der Waals surface area contributed by atoms with Crippen molar-refractivity contribution in [2.24, 2.45) is 11.7 Å².